The minimum Gasteiger partial charge on any atom is -0.491 e. The third-order valence-corrected chi connectivity index (χ3v) is 6.97. The predicted molar refractivity (Wildman–Crippen MR) is 117 cm³/mol. The fourth-order valence-electron chi connectivity index (χ4n) is 3.18. The normalized spacial score (nSPS) is 21.0. The van der Waals surface area contributed by atoms with Gasteiger partial charge < -0.3 is 9.64 Å². The number of nitrogens with one attached hydrogen (secondary N) is 1. The summed E-state index contributed by atoms with van der Waals surface area (Å²) in [5.41, 5.74) is 2.27. The second kappa shape index (κ2) is 9.11. The number of hydrogen-bond donors (Lipinski definition) is 1. The van der Waals surface area contributed by atoms with Gasteiger partial charge in [-0.15, -0.1) is 24.2 Å². The number of amides is 2. The Labute approximate surface area is 179 Å². The predicted octanol–water partition coefficient (Wildman–Crippen LogP) is 3.99. The average molecular weight is 437 g/mol. The number of thioether (sulfide) groups is 2. The number of imide groups is 1. The van der Waals surface area contributed by atoms with Crippen LogP contribution in [0.25, 0.3) is 0 Å². The highest BCUT2D eigenvalue weighted by Crippen LogP contribution is 2.36. The molecular formula is C20H21ClN2O3S2. The van der Waals surface area contributed by atoms with Crippen LogP contribution in [-0.2, 0) is 11.2 Å². The summed E-state index contributed by atoms with van der Waals surface area (Å²) in [6, 6.07) is 16.5. The Morgan fingerprint density at radius 2 is 1.89 bits per heavy atom. The van der Waals surface area contributed by atoms with E-state index in [0.29, 0.717) is 19.1 Å². The van der Waals surface area contributed by atoms with Gasteiger partial charge in [0, 0.05) is 17.7 Å². The summed E-state index contributed by atoms with van der Waals surface area (Å²) >= 11 is 2.92. The van der Waals surface area contributed by atoms with E-state index < -0.39 is 0 Å². The van der Waals surface area contributed by atoms with E-state index >= 15 is 0 Å². The lowest BCUT2D eigenvalue weighted by Crippen LogP contribution is -2.41. The highest BCUT2D eigenvalue weighted by Gasteiger charge is 2.31. The molecule has 5 nitrogen and oxygen atoms in total. The van der Waals surface area contributed by atoms with Crippen molar-refractivity contribution in [3.63, 3.8) is 0 Å². The van der Waals surface area contributed by atoms with E-state index in [1.165, 1.54) is 10.6 Å². The first-order valence-corrected chi connectivity index (χ1v) is 10.6. The molecule has 1 N–H and O–H groups in total. The number of fused-ring (bicyclic) bond motifs is 1. The second-order valence-corrected chi connectivity index (χ2v) is 8.82. The molecule has 0 aliphatic carbocycles. The van der Waals surface area contributed by atoms with Crippen molar-refractivity contribution in [1.29, 1.82) is 0 Å². The zero-order valence-corrected chi connectivity index (χ0v) is 17.7. The Morgan fingerprint density at radius 3 is 2.61 bits per heavy atom. The van der Waals surface area contributed by atoms with Gasteiger partial charge in [0.1, 0.15) is 12.4 Å². The van der Waals surface area contributed by atoms with Crippen LogP contribution in [0.4, 0.5) is 10.5 Å². The molecule has 2 heterocycles. The molecule has 2 aromatic rings. The van der Waals surface area contributed by atoms with Crippen molar-refractivity contribution in [2.24, 2.45) is 0 Å². The Morgan fingerprint density at radius 1 is 1.14 bits per heavy atom. The van der Waals surface area contributed by atoms with Crippen LogP contribution in [0.1, 0.15) is 5.56 Å². The van der Waals surface area contributed by atoms with Crippen LogP contribution in [0, 0.1) is 0 Å². The maximum Gasteiger partial charge on any atom is 0.286 e. The van der Waals surface area contributed by atoms with Crippen molar-refractivity contribution in [2.45, 2.75) is 22.6 Å². The van der Waals surface area contributed by atoms with Gasteiger partial charge in [-0.05, 0) is 36.2 Å². The lowest BCUT2D eigenvalue weighted by atomic mass is 10.1. The third-order valence-electron chi connectivity index (χ3n) is 4.78. The van der Waals surface area contributed by atoms with Crippen LogP contribution in [0.3, 0.4) is 0 Å². The summed E-state index contributed by atoms with van der Waals surface area (Å²) in [7, 11) is 2.11. The molecule has 28 heavy (non-hydrogen) atoms. The van der Waals surface area contributed by atoms with E-state index in [2.05, 4.69) is 41.5 Å². The molecule has 4 rings (SSSR count). The van der Waals surface area contributed by atoms with Crippen molar-refractivity contribution in [2.75, 3.05) is 24.3 Å². The minimum absolute atomic E-state index is 0. The van der Waals surface area contributed by atoms with Crippen LogP contribution in [0.5, 0.6) is 5.75 Å². The number of ether oxygens (including phenoxy) is 1. The number of carbonyl (C=O) groups is 2. The number of likely N-dealkylation sites (N-methyl/N-ethyl adjacent to an activating group) is 1. The molecule has 0 bridgehead atoms. The average Bonchev–Trinajstić information content (AvgIpc) is 2.99. The Hall–Kier alpha value is -1.83. The van der Waals surface area contributed by atoms with Gasteiger partial charge in [0.25, 0.3) is 5.24 Å². The lowest BCUT2D eigenvalue weighted by Gasteiger charge is -2.35. The van der Waals surface area contributed by atoms with E-state index in [9.17, 15) is 9.59 Å². The first-order chi connectivity index (χ1) is 13.1. The fraction of sp³-hybridized carbons (Fsp3) is 0.300. The lowest BCUT2D eigenvalue weighted by molar-refractivity contribution is -0.118. The molecule has 8 heteroatoms. The number of para-hydroxylation sites is 1. The second-order valence-electron chi connectivity index (χ2n) is 6.59. The van der Waals surface area contributed by atoms with Crippen molar-refractivity contribution >= 4 is 52.8 Å². The number of anilines is 1. The summed E-state index contributed by atoms with van der Waals surface area (Å²) in [5, 5.41) is 1.72. The molecule has 1 fully saturated rings. The molecular weight excluding hydrogens is 416 g/mol. The molecule has 2 unspecified atom stereocenters. The quantitative estimate of drug-likeness (QED) is 0.764. The summed E-state index contributed by atoms with van der Waals surface area (Å²) in [6.45, 7) is 0.618. The molecule has 0 radical (unpaired) electrons. The van der Waals surface area contributed by atoms with Gasteiger partial charge in [0.05, 0.1) is 17.0 Å². The number of carbonyl (C=O) groups excluding carboxylic acids is 2. The van der Waals surface area contributed by atoms with Gasteiger partial charge in [-0.2, -0.15) is 0 Å². The van der Waals surface area contributed by atoms with Gasteiger partial charge >= 0.3 is 0 Å². The van der Waals surface area contributed by atoms with Gasteiger partial charge in [0.15, 0.2) is 0 Å². The summed E-state index contributed by atoms with van der Waals surface area (Å²) in [5.74, 6) is 1.60. The third kappa shape index (κ3) is 4.59. The number of benzene rings is 2. The molecule has 1 saturated heterocycles. The summed E-state index contributed by atoms with van der Waals surface area (Å²) in [6.07, 6.45) is 0.543. The van der Waals surface area contributed by atoms with E-state index in [-0.39, 0.29) is 28.8 Å². The Bertz CT molecular complexity index is 863. The van der Waals surface area contributed by atoms with Gasteiger partial charge in [-0.1, -0.05) is 36.0 Å². The van der Waals surface area contributed by atoms with Gasteiger partial charge in [-0.3, -0.25) is 14.9 Å². The first kappa shape index (κ1) is 20.9. The molecule has 148 valence electrons. The van der Waals surface area contributed by atoms with E-state index in [1.54, 1.807) is 0 Å². The maximum atomic E-state index is 11.7. The van der Waals surface area contributed by atoms with Crippen LogP contribution < -0.4 is 15.0 Å². The molecule has 0 spiro atoms. The largest absolute Gasteiger partial charge is 0.491 e. The molecule has 0 aromatic heterocycles. The molecule has 2 aromatic carbocycles. The molecule has 2 atom stereocenters. The van der Waals surface area contributed by atoms with Crippen LogP contribution in [-0.4, -0.2) is 41.8 Å². The fourth-order valence-corrected chi connectivity index (χ4v) is 5.27. The smallest absolute Gasteiger partial charge is 0.286 e. The number of rotatable bonds is 5. The summed E-state index contributed by atoms with van der Waals surface area (Å²) in [4.78, 5) is 26.5. The van der Waals surface area contributed by atoms with Crippen molar-refractivity contribution < 1.29 is 14.3 Å². The van der Waals surface area contributed by atoms with Crippen LogP contribution in [0.2, 0.25) is 0 Å². The Kier molecular flexibility index (Phi) is 6.80. The standard InChI is InChI=1S/C20H20N2O3S2.ClH/c1-22-14(12-26-17-5-3-2-4-16(17)22)11-25-15-8-6-13(7-9-15)10-18-19(23)21-20(24)27-18;/h2-9,14,18H,10-12H2,1H3,(H,21,23,24);1H. The van der Waals surface area contributed by atoms with Crippen molar-refractivity contribution in [3.8, 4) is 5.75 Å². The molecule has 2 aliphatic rings. The topological polar surface area (TPSA) is 58.6 Å². The van der Waals surface area contributed by atoms with Crippen LogP contribution in [0.15, 0.2) is 53.4 Å². The molecule has 2 aliphatic heterocycles. The molecule has 2 amide bonds. The van der Waals surface area contributed by atoms with Crippen molar-refractivity contribution in [3.05, 3.63) is 54.1 Å². The zero-order chi connectivity index (χ0) is 18.8. The summed E-state index contributed by atoms with van der Waals surface area (Å²) < 4.78 is 6.00. The van der Waals surface area contributed by atoms with Crippen LogP contribution >= 0.6 is 35.9 Å². The van der Waals surface area contributed by atoms with E-state index in [0.717, 1.165) is 28.8 Å². The Balaban J connectivity index is 0.00000225. The van der Waals surface area contributed by atoms with Gasteiger partial charge in [0.2, 0.25) is 5.91 Å². The monoisotopic (exact) mass is 436 g/mol. The first-order valence-electron chi connectivity index (χ1n) is 8.78. The number of nitrogens with zero attached hydrogens (tertiary/aromatic N) is 1. The van der Waals surface area contributed by atoms with Crippen molar-refractivity contribution in [1.82, 2.24) is 5.32 Å². The SMILES string of the molecule is CN1c2ccccc2SCC1COc1ccc(CC2SC(=O)NC2=O)cc1.Cl. The highest BCUT2D eigenvalue weighted by atomic mass is 35.5. The van der Waals surface area contributed by atoms with E-state index in [1.807, 2.05) is 36.0 Å². The zero-order valence-electron chi connectivity index (χ0n) is 15.3. The number of halogens is 1. The maximum absolute atomic E-state index is 11.7. The number of hydrogen-bond acceptors (Lipinski definition) is 6. The molecule has 0 saturated carbocycles. The van der Waals surface area contributed by atoms with Gasteiger partial charge in [-0.25, -0.2) is 0 Å². The minimum atomic E-state index is -0.336. The highest BCUT2D eigenvalue weighted by molar-refractivity contribution is 8.15. The van der Waals surface area contributed by atoms with E-state index in [4.69, 9.17) is 4.74 Å².